The second-order valence-corrected chi connectivity index (χ2v) is 4.91. The van der Waals surface area contributed by atoms with Crippen molar-refractivity contribution < 1.29 is 17.9 Å². The Balaban J connectivity index is 2.17. The lowest BCUT2D eigenvalue weighted by Crippen LogP contribution is -2.14. The maximum absolute atomic E-state index is 12.1. The van der Waals surface area contributed by atoms with Crippen molar-refractivity contribution in [2.24, 2.45) is 5.73 Å². The Bertz CT molecular complexity index is 658. The number of nitrogens with two attached hydrogens (primary N) is 1. The van der Waals surface area contributed by atoms with Gasteiger partial charge >= 0.3 is 6.18 Å². The first-order chi connectivity index (χ1) is 9.87. The van der Waals surface area contributed by atoms with Crippen molar-refractivity contribution in [1.29, 1.82) is 0 Å². The molecule has 0 unspecified atom stereocenters. The standard InChI is InChI=1S/C14H13F3N2OS/c15-14(16,17)6-3-7-20-13-10(12(18)21)8-9-4-1-2-5-11(9)19-13/h1-2,4-5,8H,3,6-7H2,(H2,18,21). The molecule has 2 aromatic rings. The molecule has 2 N–H and O–H groups in total. The van der Waals surface area contributed by atoms with E-state index in [0.717, 1.165) is 5.39 Å². The summed E-state index contributed by atoms with van der Waals surface area (Å²) in [7, 11) is 0. The topological polar surface area (TPSA) is 48.1 Å². The molecular formula is C14H13F3N2OS. The highest BCUT2D eigenvalue weighted by molar-refractivity contribution is 7.80. The Morgan fingerprint density at radius 3 is 2.67 bits per heavy atom. The second-order valence-electron chi connectivity index (χ2n) is 4.47. The number of halogens is 3. The first-order valence-electron chi connectivity index (χ1n) is 6.26. The van der Waals surface area contributed by atoms with Gasteiger partial charge in [-0.05, 0) is 18.6 Å². The third kappa shape index (κ3) is 4.29. The number of alkyl halides is 3. The average Bonchev–Trinajstić information content (AvgIpc) is 2.41. The van der Waals surface area contributed by atoms with E-state index in [-0.39, 0.29) is 23.9 Å². The molecule has 21 heavy (non-hydrogen) atoms. The van der Waals surface area contributed by atoms with Gasteiger partial charge in [0.05, 0.1) is 17.7 Å². The fraction of sp³-hybridized carbons (Fsp3) is 0.286. The monoisotopic (exact) mass is 314 g/mol. The summed E-state index contributed by atoms with van der Waals surface area (Å²) < 4.78 is 41.6. The van der Waals surface area contributed by atoms with Gasteiger partial charge in [0.2, 0.25) is 5.88 Å². The fourth-order valence-corrected chi connectivity index (χ4v) is 1.97. The van der Waals surface area contributed by atoms with Crippen LogP contribution in [0.2, 0.25) is 0 Å². The van der Waals surface area contributed by atoms with Crippen LogP contribution in [0.15, 0.2) is 30.3 Å². The summed E-state index contributed by atoms with van der Waals surface area (Å²) in [4.78, 5) is 4.36. The number of thiocarbonyl (C=S) groups is 1. The highest BCUT2D eigenvalue weighted by Gasteiger charge is 2.26. The minimum absolute atomic E-state index is 0.0964. The number of benzene rings is 1. The van der Waals surface area contributed by atoms with Crippen molar-refractivity contribution in [2.45, 2.75) is 19.0 Å². The largest absolute Gasteiger partial charge is 0.477 e. The van der Waals surface area contributed by atoms with E-state index in [1.807, 2.05) is 18.2 Å². The van der Waals surface area contributed by atoms with Crippen LogP contribution < -0.4 is 10.5 Å². The van der Waals surface area contributed by atoms with E-state index < -0.39 is 12.6 Å². The maximum atomic E-state index is 12.1. The number of para-hydroxylation sites is 1. The molecule has 0 aliphatic heterocycles. The Labute approximate surface area is 124 Å². The molecule has 3 nitrogen and oxygen atoms in total. The lowest BCUT2D eigenvalue weighted by atomic mass is 10.1. The zero-order valence-electron chi connectivity index (χ0n) is 11.0. The first-order valence-corrected chi connectivity index (χ1v) is 6.67. The van der Waals surface area contributed by atoms with Gasteiger partial charge in [0.25, 0.3) is 0 Å². The van der Waals surface area contributed by atoms with E-state index >= 15 is 0 Å². The number of nitrogens with zero attached hydrogens (tertiary/aromatic N) is 1. The number of pyridine rings is 1. The average molecular weight is 314 g/mol. The summed E-state index contributed by atoms with van der Waals surface area (Å²) in [6.07, 6.45) is -5.23. The van der Waals surface area contributed by atoms with Crippen LogP contribution in [0.1, 0.15) is 18.4 Å². The van der Waals surface area contributed by atoms with Gasteiger partial charge in [0.1, 0.15) is 4.99 Å². The first kappa shape index (κ1) is 15.5. The van der Waals surface area contributed by atoms with Gasteiger partial charge in [-0.25, -0.2) is 4.98 Å². The zero-order chi connectivity index (χ0) is 15.5. The van der Waals surface area contributed by atoms with E-state index in [1.165, 1.54) is 0 Å². The molecule has 0 aliphatic carbocycles. The molecular weight excluding hydrogens is 301 g/mol. The van der Waals surface area contributed by atoms with Gasteiger partial charge in [-0.2, -0.15) is 13.2 Å². The van der Waals surface area contributed by atoms with Crippen molar-refractivity contribution in [3.63, 3.8) is 0 Å². The molecule has 0 saturated heterocycles. The quantitative estimate of drug-likeness (QED) is 0.677. The number of hydrogen-bond donors (Lipinski definition) is 1. The van der Waals surface area contributed by atoms with Gasteiger partial charge in [0, 0.05) is 11.8 Å². The second kappa shape index (κ2) is 6.26. The minimum Gasteiger partial charge on any atom is -0.477 e. The predicted molar refractivity (Wildman–Crippen MR) is 78.4 cm³/mol. The van der Waals surface area contributed by atoms with E-state index in [1.54, 1.807) is 12.1 Å². The smallest absolute Gasteiger partial charge is 0.389 e. The Morgan fingerprint density at radius 2 is 2.00 bits per heavy atom. The third-order valence-corrected chi connectivity index (χ3v) is 3.02. The van der Waals surface area contributed by atoms with E-state index in [9.17, 15) is 13.2 Å². The molecule has 1 heterocycles. The number of aromatic nitrogens is 1. The third-order valence-electron chi connectivity index (χ3n) is 2.80. The molecule has 2 rings (SSSR count). The van der Waals surface area contributed by atoms with Crippen LogP contribution in [0.5, 0.6) is 5.88 Å². The van der Waals surface area contributed by atoms with E-state index in [0.29, 0.717) is 11.1 Å². The normalized spacial score (nSPS) is 11.6. The summed E-state index contributed by atoms with van der Waals surface area (Å²) in [6.45, 7) is -0.0968. The van der Waals surface area contributed by atoms with Crippen molar-refractivity contribution >= 4 is 28.1 Å². The lowest BCUT2D eigenvalue weighted by molar-refractivity contribution is -0.136. The Morgan fingerprint density at radius 1 is 1.29 bits per heavy atom. The predicted octanol–water partition coefficient (Wildman–Crippen LogP) is 3.59. The number of hydrogen-bond acceptors (Lipinski definition) is 3. The Hall–Kier alpha value is -1.89. The molecule has 0 spiro atoms. The molecule has 0 bridgehead atoms. The van der Waals surface area contributed by atoms with Crippen molar-refractivity contribution in [2.75, 3.05) is 6.61 Å². The van der Waals surface area contributed by atoms with Crippen LogP contribution in [0.3, 0.4) is 0 Å². The molecule has 112 valence electrons. The molecule has 0 aliphatic rings. The van der Waals surface area contributed by atoms with E-state index in [2.05, 4.69) is 4.98 Å². The summed E-state index contributed by atoms with van der Waals surface area (Å²) >= 11 is 4.93. The summed E-state index contributed by atoms with van der Waals surface area (Å²) in [5.41, 5.74) is 6.71. The molecule has 0 atom stereocenters. The van der Waals surface area contributed by atoms with Crippen LogP contribution in [0.25, 0.3) is 10.9 Å². The van der Waals surface area contributed by atoms with Crippen LogP contribution >= 0.6 is 12.2 Å². The van der Waals surface area contributed by atoms with Crippen LogP contribution in [-0.2, 0) is 0 Å². The summed E-state index contributed by atoms with van der Waals surface area (Å²) in [6, 6.07) is 9.00. The molecule has 1 aromatic carbocycles. The van der Waals surface area contributed by atoms with Gasteiger partial charge in [0.15, 0.2) is 0 Å². The zero-order valence-corrected chi connectivity index (χ0v) is 11.8. The number of rotatable bonds is 5. The number of ether oxygens (including phenoxy) is 1. The number of fused-ring (bicyclic) bond motifs is 1. The lowest BCUT2D eigenvalue weighted by Gasteiger charge is -2.11. The van der Waals surface area contributed by atoms with Crippen LogP contribution in [0.4, 0.5) is 13.2 Å². The molecule has 0 amide bonds. The van der Waals surface area contributed by atoms with Gasteiger partial charge in [-0.1, -0.05) is 30.4 Å². The minimum atomic E-state index is -4.19. The van der Waals surface area contributed by atoms with Gasteiger partial charge in [-0.3, -0.25) is 0 Å². The highest BCUT2D eigenvalue weighted by Crippen LogP contribution is 2.24. The summed E-state index contributed by atoms with van der Waals surface area (Å²) in [5, 5.41) is 0.836. The van der Waals surface area contributed by atoms with Crippen molar-refractivity contribution in [3.05, 3.63) is 35.9 Å². The summed E-state index contributed by atoms with van der Waals surface area (Å²) in [5.74, 6) is 0.170. The molecule has 7 heteroatoms. The van der Waals surface area contributed by atoms with Crippen LogP contribution in [-0.4, -0.2) is 22.8 Å². The SMILES string of the molecule is NC(=S)c1cc2ccccc2nc1OCCCC(F)(F)F. The van der Waals surface area contributed by atoms with Crippen LogP contribution in [0, 0.1) is 0 Å². The van der Waals surface area contributed by atoms with Gasteiger partial charge < -0.3 is 10.5 Å². The van der Waals surface area contributed by atoms with E-state index in [4.69, 9.17) is 22.7 Å². The molecule has 1 aromatic heterocycles. The molecule has 0 fully saturated rings. The highest BCUT2D eigenvalue weighted by atomic mass is 32.1. The van der Waals surface area contributed by atoms with Gasteiger partial charge in [-0.15, -0.1) is 0 Å². The van der Waals surface area contributed by atoms with Crippen molar-refractivity contribution in [3.8, 4) is 5.88 Å². The van der Waals surface area contributed by atoms with Crippen molar-refractivity contribution in [1.82, 2.24) is 4.98 Å². The molecule has 0 radical (unpaired) electrons. The molecule has 0 saturated carbocycles. The fourth-order valence-electron chi connectivity index (χ4n) is 1.83. The Kier molecular flexibility index (Phi) is 4.62. The maximum Gasteiger partial charge on any atom is 0.389 e.